The van der Waals surface area contributed by atoms with E-state index in [1.54, 1.807) is 61.5 Å². The van der Waals surface area contributed by atoms with Gasteiger partial charge in [0.25, 0.3) is 11.8 Å². The maximum Gasteiger partial charge on any atom is 0.410 e. The monoisotopic (exact) mass is 1950 g/mol. The number of aliphatic hydroxyl groups is 11. The summed E-state index contributed by atoms with van der Waals surface area (Å²) >= 11 is 0. The molecule has 0 bridgehead atoms. The molecule has 760 valence electrons. The minimum atomic E-state index is -2.27. The van der Waals surface area contributed by atoms with Gasteiger partial charge in [0, 0.05) is 45.3 Å². The lowest BCUT2D eigenvalue weighted by Gasteiger charge is -2.47. The van der Waals surface area contributed by atoms with Crippen LogP contribution in [0.25, 0.3) is 41.8 Å². The van der Waals surface area contributed by atoms with Gasteiger partial charge in [0.05, 0.1) is 107 Å². The molecular weight excluding hydrogens is 1830 g/mol. The summed E-state index contributed by atoms with van der Waals surface area (Å²) in [5.41, 5.74) is 68.8. The van der Waals surface area contributed by atoms with Crippen molar-refractivity contribution in [2.75, 3.05) is 52.5 Å². The highest BCUT2D eigenvalue weighted by atomic mass is 19.1. The van der Waals surface area contributed by atoms with Crippen LogP contribution in [0, 0.1) is 5.92 Å². The van der Waals surface area contributed by atoms with Crippen molar-refractivity contribution in [1.82, 2.24) is 20.9 Å². The third-order valence-electron chi connectivity index (χ3n) is 24.7. The lowest BCUT2D eigenvalue weighted by atomic mass is 9.79. The lowest BCUT2D eigenvalue weighted by Crippen LogP contribution is -2.67. The summed E-state index contributed by atoms with van der Waals surface area (Å²) in [5.74, 6) is -3.10. The average molecular weight is 1960 g/mol. The van der Waals surface area contributed by atoms with Gasteiger partial charge >= 0.3 is 12.2 Å². The molecule has 138 heavy (non-hydrogen) atoms. The van der Waals surface area contributed by atoms with Crippen molar-refractivity contribution >= 4 is 24.0 Å². The van der Waals surface area contributed by atoms with Gasteiger partial charge in [-0.25, -0.2) is 18.4 Å². The molecule has 4 aromatic carbocycles. The number of carbonyl (C=O) groups excluding carboxylic acids is 4. The van der Waals surface area contributed by atoms with Gasteiger partial charge in [-0.2, -0.15) is 0 Å². The molecule has 51 nitrogen and oxygen atoms in total. The Kier molecular flexibility index (Phi) is 41.9. The van der Waals surface area contributed by atoms with Crippen molar-refractivity contribution in [3.8, 4) is 0 Å². The molecule has 8 fully saturated rings. The van der Waals surface area contributed by atoms with E-state index in [0.29, 0.717) is 24.0 Å². The number of alkyl halides is 2. The predicted molar refractivity (Wildman–Crippen MR) is 469 cm³/mol. The van der Waals surface area contributed by atoms with Crippen LogP contribution in [0.2, 0.25) is 0 Å². The molecule has 4 amide bonds. The first-order valence-electron chi connectivity index (χ1n) is 44.9. The fourth-order valence-electron chi connectivity index (χ4n) is 17.2. The third-order valence-corrected chi connectivity index (χ3v) is 24.7. The zero-order chi connectivity index (χ0) is 99.4. The maximum absolute atomic E-state index is 15.9. The van der Waals surface area contributed by atoms with Crippen molar-refractivity contribution in [2.45, 2.75) is 298 Å². The van der Waals surface area contributed by atoms with Crippen molar-refractivity contribution in [2.24, 2.45) is 55.0 Å². The SMILES string of the molecule is C[C@H]1C[C@@H](NC(=O)[C@@H](OCc2ccccc2)[C@H](F)CN=[N+]=[N-])[C@H](O)[C@@H](O[C@@H]2O[C@H](CO)[C@@H](O[C@H]3O[C@@H](CN=[N+]=[N-])[C@@H](O)[C@H](O)[C@H]3N=[N+]=[N-])[C@H]2O)[C@@H]1O[C@H]1O[C@H](CN(Cc2ccccc2)C(=O)OCc2ccccc2)CC[C@H]1NC(=O)OCc1ccccc1.[N-]=[N+]=NC[C@@H](F)[C@H](O)C(=O)N[C@@H]1C[C@H](N)[C@@H](O[C@H]2O[C@H](CN)CC[C@H]2N)[C@H](O[C@@H]2O[C@H](CO)[C@@H](O[C@H]3O[C@@H](CN)[C@@H](O)[C@H](O)[C@H]3N)[C@H]2O)[C@H]1O. The molecule has 6 saturated heterocycles. The van der Waals surface area contributed by atoms with E-state index in [1.807, 2.05) is 66.7 Å². The van der Waals surface area contributed by atoms with Crippen LogP contribution in [0.3, 0.4) is 0 Å². The molecule has 6 heterocycles. The number of nitrogens with two attached hydrogens (primary N) is 5. The van der Waals surface area contributed by atoms with Crippen molar-refractivity contribution in [1.29, 1.82) is 0 Å². The number of nitrogens with one attached hydrogen (secondary N) is 3. The number of azide groups is 4. The van der Waals surface area contributed by atoms with Crippen molar-refractivity contribution in [3.63, 3.8) is 0 Å². The zero-order valence-corrected chi connectivity index (χ0v) is 74.8. The summed E-state index contributed by atoms with van der Waals surface area (Å²) in [6.07, 6.45) is -47.2. The fourth-order valence-corrected chi connectivity index (χ4v) is 17.2. The molecule has 8 aliphatic rings. The van der Waals surface area contributed by atoms with Gasteiger partial charge in [0.1, 0.15) is 123 Å². The molecule has 0 spiro atoms. The second kappa shape index (κ2) is 53.2. The number of halogens is 2. The van der Waals surface area contributed by atoms with E-state index in [9.17, 15) is 85.3 Å². The molecule has 38 atom stereocenters. The molecule has 2 saturated carbocycles. The van der Waals surface area contributed by atoms with Crippen LogP contribution in [0.5, 0.6) is 0 Å². The Morgan fingerprint density at radius 1 is 0.471 bits per heavy atom. The highest BCUT2D eigenvalue weighted by Crippen LogP contribution is 2.41. The largest absolute Gasteiger partial charge is 0.445 e. The Balaban J connectivity index is 0.000000309. The molecule has 4 aromatic rings. The van der Waals surface area contributed by atoms with Crippen LogP contribution in [0.4, 0.5) is 18.4 Å². The van der Waals surface area contributed by atoms with Crippen molar-refractivity contribution in [3.05, 3.63) is 185 Å². The standard InChI is InChI=1S/C58H71FN12O17.C27H50FN9O13/c1-33-24-41(65-53(77)50(39(59)25-63-68-60)80-30-35-16-8-3-9-17-35)45(73)52(88-56-48(76)51(43(29-72)85-56)87-55-44(67-70-62)47(75)46(74)42(84-55)26-64-69-61)49(33)86-54-40(66-57(78)81-31-36-18-10-4-11-19-36)23-22-38(83-54)28-71(27-34-14-6-2-7-15-34)58(79)82-32-37-20-12-5-13-21-37;28-9(6-35-37-34)16(39)24(44)36-12-3-11(32)21(48-25-10(31)2-1-8(4-29)45-25)23(17(12)40)50-27-20(43)22(14(7-38)47-27)49-26-15(33)19(42)18(41)13(5-30)46-26/h2-21,33,38-52,54-56,72-76H,22-32H2,1H3,(H,65,77)(H,66,78);8-23,25-27,38-43H,1-7,29-33H2,(H,36,44)/t33-,38-,39+,40+,41+,42-,43+,44+,45-,46+,47+,48+,49+,50-,51+,52+,54+,55+,56-;8-,9+,10+,11-,12+,13-,14+,15+,16-,17-,18+,19+,20+,21+,22+,23+,25+,26+,27-/m00/s1. The summed E-state index contributed by atoms with van der Waals surface area (Å²) in [4.78, 5) is 66.6. The summed E-state index contributed by atoms with van der Waals surface area (Å²) < 4.78 is 121. The minimum Gasteiger partial charge on any atom is -0.445 e. The number of hydrogen-bond acceptors (Lipinski definition) is 39. The average Bonchev–Trinajstić information content (AvgIpc) is 1.51. The Labute approximate surface area is 788 Å². The van der Waals surface area contributed by atoms with Crippen LogP contribution in [0.1, 0.15) is 67.7 Å². The quantitative estimate of drug-likeness (QED) is 0.0140. The summed E-state index contributed by atoms with van der Waals surface area (Å²) in [7, 11) is 0. The van der Waals surface area contributed by atoms with Crippen LogP contribution < -0.4 is 44.6 Å². The van der Waals surface area contributed by atoms with Crippen molar-refractivity contribution < 1.29 is 155 Å². The topological polar surface area (TPSA) is 794 Å². The van der Waals surface area contributed by atoms with Crippen LogP contribution >= 0.6 is 0 Å². The van der Waals surface area contributed by atoms with E-state index in [-0.39, 0.29) is 71.7 Å². The van der Waals surface area contributed by atoms with Crippen LogP contribution in [-0.2, 0) is 107 Å². The second-order valence-corrected chi connectivity index (χ2v) is 34.4. The second-order valence-electron chi connectivity index (χ2n) is 34.4. The number of hydrogen-bond donors (Lipinski definition) is 19. The number of ether oxygens (including phenoxy) is 15. The minimum absolute atomic E-state index is 0.0297. The first kappa shape index (κ1) is 109. The maximum atomic E-state index is 15.9. The van der Waals surface area contributed by atoms with Gasteiger partial charge in [0.2, 0.25) is 0 Å². The van der Waals surface area contributed by atoms with Gasteiger partial charge in [-0.3, -0.25) is 9.59 Å². The van der Waals surface area contributed by atoms with E-state index in [4.69, 9.17) is 116 Å². The van der Waals surface area contributed by atoms with E-state index in [2.05, 4.69) is 56.1 Å². The number of alkyl carbamates (subject to hydrolysis) is 1. The smallest absolute Gasteiger partial charge is 0.410 e. The van der Waals surface area contributed by atoms with Gasteiger partial charge in [0.15, 0.2) is 49.9 Å². The number of rotatable bonds is 41. The zero-order valence-electron chi connectivity index (χ0n) is 74.8. The summed E-state index contributed by atoms with van der Waals surface area (Å²) in [5, 5.41) is 142. The molecule has 24 N–H and O–H groups in total. The first-order chi connectivity index (χ1) is 66.4. The summed E-state index contributed by atoms with van der Waals surface area (Å²) in [6, 6.07) is 27.5. The molecular formula is C85H121F2N21O30. The highest BCUT2D eigenvalue weighted by Gasteiger charge is 2.58. The number of aliphatic hydroxyl groups excluding tert-OH is 11. The summed E-state index contributed by atoms with van der Waals surface area (Å²) in [6.45, 7) is -2.41. The number of amides is 4. The van der Waals surface area contributed by atoms with Gasteiger partial charge in [-0.05, 0) is 88.8 Å². The Morgan fingerprint density at radius 3 is 1.52 bits per heavy atom. The van der Waals surface area contributed by atoms with Gasteiger partial charge in [-0.1, -0.05) is 149 Å². The molecule has 53 heteroatoms. The normalized spacial score (nSPS) is 35.4. The number of benzene rings is 4. The van der Waals surface area contributed by atoms with Crippen LogP contribution in [-0.4, -0.2) is 364 Å². The molecule has 2 aliphatic carbocycles. The van der Waals surface area contributed by atoms with E-state index in [0.717, 1.165) is 11.1 Å². The fraction of sp³-hybridized carbons (Fsp3) is 0.671. The lowest BCUT2D eigenvalue weighted by molar-refractivity contribution is -0.297. The molecule has 6 aliphatic heterocycles. The Morgan fingerprint density at radius 2 is 0.957 bits per heavy atom. The third kappa shape index (κ3) is 28.8. The molecule has 0 radical (unpaired) electrons. The van der Waals surface area contributed by atoms with Crippen LogP contribution in [0.15, 0.2) is 142 Å². The van der Waals surface area contributed by atoms with E-state index < -0.39 is 289 Å². The first-order valence-corrected chi connectivity index (χ1v) is 44.9. The molecule has 0 aromatic heterocycles. The van der Waals surface area contributed by atoms with E-state index >= 15 is 4.39 Å². The number of nitrogens with zero attached hydrogens (tertiary/aromatic N) is 13. The Bertz CT molecular complexity index is 4650. The predicted octanol–water partition coefficient (Wildman–Crippen LogP) is -1.26. The molecule has 0 unspecified atom stereocenters. The highest BCUT2D eigenvalue weighted by molar-refractivity contribution is 5.82. The Hall–Kier alpha value is -9.70. The van der Waals surface area contributed by atoms with E-state index in [1.165, 1.54) is 4.90 Å². The van der Waals surface area contributed by atoms with Gasteiger partial charge < -0.3 is 177 Å². The van der Waals surface area contributed by atoms with Gasteiger partial charge in [-0.15, -0.1) is 0 Å². The number of carbonyl (C=O) groups is 4. The molecule has 12 rings (SSSR count).